The molecule has 0 aromatic heterocycles. The van der Waals surface area contributed by atoms with Crippen LogP contribution in [0.25, 0.3) is 11.1 Å². The molecule has 2 N–H and O–H groups in total. The van der Waals surface area contributed by atoms with Gasteiger partial charge in [-0.3, -0.25) is 4.72 Å². The van der Waals surface area contributed by atoms with Crippen LogP contribution < -0.4 is 4.72 Å². The molecule has 0 bridgehead atoms. The summed E-state index contributed by atoms with van der Waals surface area (Å²) in [5.74, 6) is -4.49. The zero-order chi connectivity index (χ0) is 22.1. The second-order valence-corrected chi connectivity index (χ2v) is 8.15. The van der Waals surface area contributed by atoms with Gasteiger partial charge in [0.25, 0.3) is 10.0 Å². The highest BCUT2D eigenvalue weighted by molar-refractivity contribution is 7.92. The molecule has 0 amide bonds. The van der Waals surface area contributed by atoms with Gasteiger partial charge in [-0.25, -0.2) is 22.0 Å². The van der Waals surface area contributed by atoms with E-state index in [9.17, 15) is 27.1 Å². The molecule has 10 heteroatoms. The molecule has 0 heterocycles. The fraction of sp³-hybridized carbons (Fsp3) is 0.0500. The summed E-state index contributed by atoms with van der Waals surface area (Å²) in [6, 6.07) is 12.2. The number of hydrogen-bond acceptors (Lipinski definition) is 5. The lowest BCUT2D eigenvalue weighted by Gasteiger charge is -2.14. The maximum absolute atomic E-state index is 14.3. The summed E-state index contributed by atoms with van der Waals surface area (Å²) in [6.07, 6.45) is 0. The number of phenolic OH excluding ortho intramolecular Hbond substituents is 1. The number of phenols is 1. The topological polar surface area (TPSA) is 92.7 Å². The Bertz CT molecular complexity index is 1230. The molecule has 0 aliphatic carbocycles. The molecule has 0 aliphatic rings. The number of ether oxygens (including phenoxy) is 1. The van der Waals surface area contributed by atoms with Crippen LogP contribution in [-0.2, 0) is 14.8 Å². The van der Waals surface area contributed by atoms with Gasteiger partial charge in [-0.2, -0.15) is 0 Å². The third kappa shape index (κ3) is 4.22. The Balaban J connectivity index is 2.09. The lowest BCUT2D eigenvalue weighted by Crippen LogP contribution is -2.16. The van der Waals surface area contributed by atoms with Gasteiger partial charge in [0.15, 0.2) is 17.4 Å². The average molecular weight is 454 g/mol. The normalized spacial score (nSPS) is 11.2. The first-order valence-corrected chi connectivity index (χ1v) is 10.2. The number of halogens is 3. The molecule has 0 spiro atoms. The zero-order valence-electron chi connectivity index (χ0n) is 15.3. The molecule has 0 fully saturated rings. The maximum atomic E-state index is 14.3. The molecule has 0 saturated heterocycles. The molecule has 0 atom stereocenters. The highest BCUT2D eigenvalue weighted by Gasteiger charge is 2.26. The standard InChI is InChI=1S/C20H14ClF2NO5S/c1-29-20(26)13-7-14(21)19(25)17(10-13)30(27,28)24-16-9-12(8-15(22)18(16)23)11-5-3-2-4-6-11/h2-10,24-25H,1H3. The van der Waals surface area contributed by atoms with E-state index in [1.54, 1.807) is 30.3 Å². The monoisotopic (exact) mass is 453 g/mol. The van der Waals surface area contributed by atoms with Gasteiger partial charge in [0, 0.05) is 0 Å². The van der Waals surface area contributed by atoms with Crippen molar-refractivity contribution in [1.82, 2.24) is 0 Å². The number of anilines is 1. The predicted molar refractivity (Wildman–Crippen MR) is 107 cm³/mol. The molecule has 3 aromatic rings. The fourth-order valence-corrected chi connectivity index (χ4v) is 4.14. The molecule has 3 aromatic carbocycles. The lowest BCUT2D eigenvalue weighted by molar-refractivity contribution is 0.0600. The number of sulfonamides is 1. The van der Waals surface area contributed by atoms with Gasteiger partial charge < -0.3 is 9.84 Å². The van der Waals surface area contributed by atoms with Crippen molar-refractivity contribution < 1.29 is 31.8 Å². The molecule has 3 rings (SSSR count). The van der Waals surface area contributed by atoms with Crippen LogP contribution in [0.5, 0.6) is 5.75 Å². The number of methoxy groups -OCH3 is 1. The van der Waals surface area contributed by atoms with Crippen LogP contribution in [0.4, 0.5) is 14.5 Å². The Hall–Kier alpha value is -3.17. The summed E-state index contributed by atoms with van der Waals surface area (Å²) in [5, 5.41) is 9.63. The van der Waals surface area contributed by atoms with E-state index in [1.807, 2.05) is 4.72 Å². The summed E-state index contributed by atoms with van der Waals surface area (Å²) in [7, 11) is -3.60. The largest absolute Gasteiger partial charge is 0.505 e. The van der Waals surface area contributed by atoms with Crippen molar-refractivity contribution in [3.8, 4) is 16.9 Å². The quantitative estimate of drug-likeness (QED) is 0.552. The number of nitrogens with one attached hydrogen (secondary N) is 1. The minimum atomic E-state index is -4.67. The average Bonchev–Trinajstić information content (AvgIpc) is 2.72. The van der Waals surface area contributed by atoms with E-state index < -0.39 is 49.0 Å². The molecule has 156 valence electrons. The van der Waals surface area contributed by atoms with E-state index in [0.717, 1.165) is 31.4 Å². The first-order valence-electron chi connectivity index (χ1n) is 8.32. The van der Waals surface area contributed by atoms with Crippen LogP contribution in [0.15, 0.2) is 59.5 Å². The Morgan fingerprint density at radius 3 is 2.37 bits per heavy atom. The van der Waals surface area contributed by atoms with E-state index in [1.165, 1.54) is 0 Å². The van der Waals surface area contributed by atoms with Crippen LogP contribution in [0.1, 0.15) is 10.4 Å². The van der Waals surface area contributed by atoms with Crippen LogP contribution in [-0.4, -0.2) is 26.6 Å². The van der Waals surface area contributed by atoms with E-state index in [2.05, 4.69) is 4.74 Å². The Kier molecular flexibility index (Phi) is 5.95. The van der Waals surface area contributed by atoms with Gasteiger partial charge in [0.05, 0.1) is 23.4 Å². The van der Waals surface area contributed by atoms with Crippen LogP contribution in [0.2, 0.25) is 5.02 Å². The number of esters is 1. The predicted octanol–water partition coefficient (Wildman–Crippen LogP) is 4.58. The number of benzene rings is 3. The van der Waals surface area contributed by atoms with Gasteiger partial charge in [-0.1, -0.05) is 41.9 Å². The minimum Gasteiger partial charge on any atom is -0.505 e. The van der Waals surface area contributed by atoms with Gasteiger partial charge in [0.1, 0.15) is 4.90 Å². The summed E-state index contributed by atoms with van der Waals surface area (Å²) in [4.78, 5) is 10.9. The van der Waals surface area contributed by atoms with Crippen LogP contribution in [0.3, 0.4) is 0 Å². The van der Waals surface area contributed by atoms with Crippen molar-refractivity contribution in [3.63, 3.8) is 0 Å². The van der Waals surface area contributed by atoms with E-state index in [0.29, 0.717) is 5.56 Å². The summed E-state index contributed by atoms with van der Waals surface area (Å²) in [5.41, 5.74) is -0.202. The SMILES string of the molecule is COC(=O)c1cc(Cl)c(O)c(S(=O)(=O)Nc2cc(-c3ccccc3)cc(F)c2F)c1. The smallest absolute Gasteiger partial charge is 0.337 e. The molecule has 0 unspecified atom stereocenters. The third-order valence-electron chi connectivity index (χ3n) is 4.12. The highest BCUT2D eigenvalue weighted by atomic mass is 35.5. The lowest BCUT2D eigenvalue weighted by atomic mass is 10.0. The van der Waals surface area contributed by atoms with E-state index >= 15 is 0 Å². The molecular weight excluding hydrogens is 440 g/mol. The second kappa shape index (κ2) is 8.29. The van der Waals surface area contributed by atoms with E-state index in [4.69, 9.17) is 11.6 Å². The maximum Gasteiger partial charge on any atom is 0.337 e. The third-order valence-corrected chi connectivity index (χ3v) is 5.79. The van der Waals surface area contributed by atoms with Crippen molar-refractivity contribution in [2.45, 2.75) is 4.90 Å². The molecule has 0 aliphatic heterocycles. The van der Waals surface area contributed by atoms with Crippen LogP contribution >= 0.6 is 11.6 Å². The van der Waals surface area contributed by atoms with Gasteiger partial charge >= 0.3 is 5.97 Å². The van der Waals surface area contributed by atoms with Crippen molar-refractivity contribution in [1.29, 1.82) is 0 Å². The van der Waals surface area contributed by atoms with Crippen molar-refractivity contribution >= 4 is 33.3 Å². The molecule has 0 saturated carbocycles. The van der Waals surface area contributed by atoms with E-state index in [-0.39, 0.29) is 11.1 Å². The number of rotatable bonds is 5. The molecule has 6 nitrogen and oxygen atoms in total. The van der Waals surface area contributed by atoms with Crippen molar-refractivity contribution in [3.05, 3.63) is 76.8 Å². The highest BCUT2D eigenvalue weighted by Crippen LogP contribution is 2.35. The molecule has 0 radical (unpaired) electrons. The molecular formula is C20H14ClF2NO5S. The van der Waals surface area contributed by atoms with Gasteiger partial charge in [0.2, 0.25) is 0 Å². The number of aromatic hydroxyl groups is 1. The van der Waals surface area contributed by atoms with Gasteiger partial charge in [-0.15, -0.1) is 0 Å². The Morgan fingerprint density at radius 2 is 1.73 bits per heavy atom. The second-order valence-electron chi connectivity index (χ2n) is 6.09. The zero-order valence-corrected chi connectivity index (χ0v) is 16.9. The van der Waals surface area contributed by atoms with Crippen molar-refractivity contribution in [2.24, 2.45) is 0 Å². The Morgan fingerprint density at radius 1 is 1.07 bits per heavy atom. The summed E-state index contributed by atoms with van der Waals surface area (Å²) < 4.78 is 60.4. The first kappa shape index (κ1) is 21.5. The fourth-order valence-electron chi connectivity index (χ4n) is 2.67. The molecule has 30 heavy (non-hydrogen) atoms. The van der Waals surface area contributed by atoms with Gasteiger partial charge in [-0.05, 0) is 35.4 Å². The summed E-state index contributed by atoms with van der Waals surface area (Å²) >= 11 is 5.81. The summed E-state index contributed by atoms with van der Waals surface area (Å²) in [6.45, 7) is 0. The number of carbonyl (C=O) groups is 1. The van der Waals surface area contributed by atoms with Crippen molar-refractivity contribution in [2.75, 3.05) is 11.8 Å². The number of hydrogen-bond donors (Lipinski definition) is 2. The number of carbonyl (C=O) groups excluding carboxylic acids is 1. The van der Waals surface area contributed by atoms with Crippen LogP contribution in [0, 0.1) is 11.6 Å². The Labute approximate surface area is 175 Å². The first-order chi connectivity index (χ1) is 14.1. The minimum absolute atomic E-state index is 0.220.